The van der Waals surface area contributed by atoms with E-state index < -0.39 is 11.7 Å². The molecular weight excluding hydrogens is 463 g/mol. The van der Waals surface area contributed by atoms with E-state index in [1.807, 2.05) is 31.0 Å². The summed E-state index contributed by atoms with van der Waals surface area (Å²) >= 11 is 0. The van der Waals surface area contributed by atoms with Gasteiger partial charge in [-0.1, -0.05) is 6.07 Å². The lowest BCUT2D eigenvalue weighted by atomic mass is 9.68. The van der Waals surface area contributed by atoms with Gasteiger partial charge in [-0.3, -0.25) is 0 Å². The topological polar surface area (TPSA) is 106 Å². The minimum atomic E-state index is -1.04. The molecule has 188 valence electrons. The Morgan fingerprint density at radius 3 is 2.72 bits per heavy atom. The van der Waals surface area contributed by atoms with Gasteiger partial charge in [-0.2, -0.15) is 0 Å². The Morgan fingerprint density at radius 2 is 1.94 bits per heavy atom. The highest BCUT2D eigenvalue weighted by Gasteiger charge is 2.53. The SMILES string of the molecule is CN(c1cnc(-c2ccc(-c3cnc4c(c3)OCO4)cc2O)nn1)[C@H]1C[C@]2(C)CCC[C@@](C)(N2)[C@H]1F. The molecule has 3 aromatic rings. The van der Waals surface area contributed by atoms with E-state index in [2.05, 4.69) is 32.4 Å². The fourth-order valence-corrected chi connectivity index (χ4v) is 5.92. The number of nitrogens with one attached hydrogen (secondary N) is 1. The van der Waals surface area contributed by atoms with Crippen LogP contribution >= 0.6 is 0 Å². The Labute approximate surface area is 208 Å². The molecule has 2 saturated heterocycles. The standard InChI is InChI=1S/C26H29FN6O3/c1-25-7-4-8-26(2,32-25)22(27)18(11-25)33(3)21-13-28-23(31-30-21)17-6-5-15(9-19(17)34)16-10-20-24(29-12-16)36-14-35-20/h5-6,9-10,12-13,18,22,32,34H,4,7-8,11,14H2,1-3H3/t18-,22-,25-,26+/m0/s1. The lowest BCUT2D eigenvalue weighted by Gasteiger charge is -2.56. The number of nitrogens with zero attached hydrogens (tertiary/aromatic N) is 5. The number of pyridine rings is 1. The fourth-order valence-electron chi connectivity index (χ4n) is 5.92. The van der Waals surface area contributed by atoms with Crippen LogP contribution in [0.15, 0.2) is 36.7 Å². The fraction of sp³-hybridized carbons (Fsp3) is 0.462. The van der Waals surface area contributed by atoms with Crippen molar-refractivity contribution in [2.24, 2.45) is 0 Å². The maximum Gasteiger partial charge on any atom is 0.260 e. The van der Waals surface area contributed by atoms with Crippen LogP contribution < -0.4 is 19.7 Å². The maximum atomic E-state index is 15.6. The van der Waals surface area contributed by atoms with Gasteiger partial charge in [0.1, 0.15) is 11.9 Å². The Balaban J connectivity index is 1.22. The second-order valence-electron chi connectivity index (χ2n) is 10.5. The minimum absolute atomic E-state index is 0.0175. The van der Waals surface area contributed by atoms with E-state index in [0.29, 0.717) is 29.4 Å². The monoisotopic (exact) mass is 492 g/mol. The van der Waals surface area contributed by atoms with Crippen LogP contribution in [-0.2, 0) is 0 Å². The highest BCUT2D eigenvalue weighted by molar-refractivity contribution is 5.73. The number of halogens is 1. The number of piperidine rings is 2. The summed E-state index contributed by atoms with van der Waals surface area (Å²) in [7, 11) is 1.85. The number of rotatable bonds is 4. The van der Waals surface area contributed by atoms with Crippen molar-refractivity contribution in [3.63, 3.8) is 0 Å². The molecule has 4 atom stereocenters. The lowest BCUT2D eigenvalue weighted by molar-refractivity contribution is 0.00193. The summed E-state index contributed by atoms with van der Waals surface area (Å²) in [4.78, 5) is 10.5. The van der Waals surface area contributed by atoms with Crippen LogP contribution in [-0.4, -0.2) is 62.4 Å². The second-order valence-corrected chi connectivity index (χ2v) is 10.5. The Bertz CT molecular complexity index is 1310. The Morgan fingerprint density at radius 1 is 1.08 bits per heavy atom. The van der Waals surface area contributed by atoms with Crippen LogP contribution in [0.4, 0.5) is 10.2 Å². The predicted octanol–water partition coefficient (Wildman–Crippen LogP) is 3.87. The van der Waals surface area contributed by atoms with Crippen LogP contribution in [0.5, 0.6) is 17.4 Å². The molecule has 1 aromatic carbocycles. The van der Waals surface area contributed by atoms with Gasteiger partial charge in [0.25, 0.3) is 5.88 Å². The number of phenolic OH excluding ortho intramolecular Hbond substituents is 1. The largest absolute Gasteiger partial charge is 0.507 e. The van der Waals surface area contributed by atoms with Gasteiger partial charge in [0.2, 0.25) is 6.79 Å². The summed E-state index contributed by atoms with van der Waals surface area (Å²) in [6.07, 6.45) is 5.76. The summed E-state index contributed by atoms with van der Waals surface area (Å²) in [5.74, 6) is 1.83. The molecule has 3 aliphatic rings. The quantitative estimate of drug-likeness (QED) is 0.561. The summed E-state index contributed by atoms with van der Waals surface area (Å²) in [6.45, 7) is 4.30. The van der Waals surface area contributed by atoms with Crippen molar-refractivity contribution in [1.29, 1.82) is 0 Å². The molecule has 2 fully saturated rings. The summed E-state index contributed by atoms with van der Waals surface area (Å²) in [6, 6.07) is 6.71. The molecule has 10 heteroatoms. The van der Waals surface area contributed by atoms with Crippen molar-refractivity contribution in [1.82, 2.24) is 25.5 Å². The number of aromatic nitrogens is 4. The third kappa shape index (κ3) is 3.80. The zero-order chi connectivity index (χ0) is 25.1. The maximum absolute atomic E-state index is 15.6. The molecule has 2 bridgehead atoms. The van der Waals surface area contributed by atoms with Crippen molar-refractivity contribution < 1.29 is 19.0 Å². The Hall–Kier alpha value is -3.53. The van der Waals surface area contributed by atoms with E-state index in [4.69, 9.17) is 9.47 Å². The second kappa shape index (κ2) is 8.26. The smallest absolute Gasteiger partial charge is 0.260 e. The number of hydrogen-bond donors (Lipinski definition) is 2. The average Bonchev–Trinajstić information content (AvgIpc) is 3.34. The van der Waals surface area contributed by atoms with Gasteiger partial charge in [0.15, 0.2) is 17.4 Å². The van der Waals surface area contributed by atoms with Gasteiger partial charge in [-0.05, 0) is 63.3 Å². The van der Waals surface area contributed by atoms with E-state index in [-0.39, 0.29) is 29.9 Å². The van der Waals surface area contributed by atoms with Crippen LogP contribution in [0.3, 0.4) is 0 Å². The molecule has 6 rings (SSSR count). The first-order valence-electron chi connectivity index (χ1n) is 12.2. The van der Waals surface area contributed by atoms with E-state index in [1.165, 1.54) is 0 Å². The molecule has 2 aromatic heterocycles. The van der Waals surface area contributed by atoms with Crippen LogP contribution in [0.25, 0.3) is 22.5 Å². The number of aromatic hydroxyl groups is 1. The lowest BCUT2D eigenvalue weighted by Crippen LogP contribution is -2.72. The first kappa shape index (κ1) is 22.9. The molecule has 36 heavy (non-hydrogen) atoms. The summed E-state index contributed by atoms with van der Waals surface area (Å²) in [5.41, 5.74) is 1.35. The molecule has 0 radical (unpaired) electrons. The van der Waals surface area contributed by atoms with Crippen molar-refractivity contribution in [3.05, 3.63) is 36.7 Å². The van der Waals surface area contributed by atoms with Crippen molar-refractivity contribution in [3.8, 4) is 39.9 Å². The van der Waals surface area contributed by atoms with E-state index in [9.17, 15) is 5.11 Å². The molecule has 0 aliphatic carbocycles. The normalized spacial score (nSPS) is 28.7. The summed E-state index contributed by atoms with van der Waals surface area (Å²) < 4.78 is 26.3. The zero-order valence-corrected chi connectivity index (χ0v) is 20.5. The molecule has 5 heterocycles. The molecule has 0 amide bonds. The van der Waals surface area contributed by atoms with Crippen LogP contribution in [0.1, 0.15) is 39.5 Å². The number of benzene rings is 1. The minimum Gasteiger partial charge on any atom is -0.507 e. The highest BCUT2D eigenvalue weighted by Crippen LogP contribution is 2.43. The van der Waals surface area contributed by atoms with Gasteiger partial charge >= 0.3 is 0 Å². The van der Waals surface area contributed by atoms with E-state index >= 15 is 4.39 Å². The molecule has 0 unspecified atom stereocenters. The zero-order valence-electron chi connectivity index (χ0n) is 20.5. The molecule has 2 N–H and O–H groups in total. The van der Waals surface area contributed by atoms with Crippen LogP contribution in [0, 0.1) is 0 Å². The number of anilines is 1. The predicted molar refractivity (Wildman–Crippen MR) is 132 cm³/mol. The van der Waals surface area contributed by atoms with Crippen molar-refractivity contribution >= 4 is 5.82 Å². The molecule has 3 aliphatic heterocycles. The number of alkyl halides is 1. The molecule has 0 saturated carbocycles. The highest BCUT2D eigenvalue weighted by atomic mass is 19.1. The Kier molecular flexibility index (Phi) is 5.26. The number of hydrogen-bond acceptors (Lipinski definition) is 9. The molecule has 0 spiro atoms. The average molecular weight is 493 g/mol. The first-order valence-corrected chi connectivity index (χ1v) is 12.2. The van der Waals surface area contributed by atoms with E-state index in [1.54, 1.807) is 24.5 Å². The molecular formula is C26H29FN6O3. The van der Waals surface area contributed by atoms with E-state index in [0.717, 1.165) is 30.4 Å². The third-order valence-electron chi connectivity index (χ3n) is 7.83. The molecule has 9 nitrogen and oxygen atoms in total. The first-order chi connectivity index (χ1) is 17.2. The summed E-state index contributed by atoms with van der Waals surface area (Å²) in [5, 5.41) is 22.9. The third-order valence-corrected chi connectivity index (χ3v) is 7.83. The van der Waals surface area contributed by atoms with Gasteiger partial charge in [0, 0.05) is 29.9 Å². The van der Waals surface area contributed by atoms with Crippen LogP contribution in [0.2, 0.25) is 0 Å². The van der Waals surface area contributed by atoms with Gasteiger partial charge in [-0.25, -0.2) is 14.4 Å². The van der Waals surface area contributed by atoms with Crippen molar-refractivity contribution in [2.75, 3.05) is 18.7 Å². The van der Waals surface area contributed by atoms with Gasteiger partial charge < -0.3 is 24.8 Å². The number of fused-ring (bicyclic) bond motifs is 3. The van der Waals surface area contributed by atoms with Crippen molar-refractivity contribution in [2.45, 2.75) is 62.8 Å². The number of ether oxygens (including phenoxy) is 2. The number of phenols is 1. The van der Waals surface area contributed by atoms with Gasteiger partial charge in [-0.15, -0.1) is 10.2 Å². The van der Waals surface area contributed by atoms with Gasteiger partial charge in [0.05, 0.1) is 17.8 Å².